The maximum Gasteiger partial charge on any atom is 0.211 e. The van der Waals surface area contributed by atoms with Crippen LogP contribution in [0.4, 0.5) is 0 Å². The Hall–Kier alpha value is -2.55. The van der Waals surface area contributed by atoms with E-state index in [2.05, 4.69) is 49.6 Å². The molecule has 0 saturated heterocycles. The largest absolute Gasteiger partial charge is 0.370 e. The second-order valence-corrected chi connectivity index (χ2v) is 6.10. The lowest BCUT2D eigenvalue weighted by molar-refractivity contribution is 0.0992. The highest BCUT2D eigenvalue weighted by Crippen LogP contribution is 2.28. The summed E-state index contributed by atoms with van der Waals surface area (Å²) in [7, 11) is 0. The molecule has 0 radical (unpaired) electrons. The lowest BCUT2D eigenvalue weighted by atomic mass is 10.0. The van der Waals surface area contributed by atoms with Crippen molar-refractivity contribution in [1.82, 2.24) is 9.80 Å². The summed E-state index contributed by atoms with van der Waals surface area (Å²) in [4.78, 5) is 18.0. The molecule has 0 unspecified atom stereocenters. The number of rotatable bonds is 9. The Morgan fingerprint density at radius 2 is 1.08 bits per heavy atom. The molecule has 0 atom stereocenters. The molecule has 0 aromatic heterocycles. The third-order valence-electron chi connectivity index (χ3n) is 4.68. The zero-order valence-corrected chi connectivity index (χ0v) is 16.4. The van der Waals surface area contributed by atoms with Crippen molar-refractivity contribution in [2.24, 2.45) is 0 Å². The first-order chi connectivity index (χ1) is 12.7. The molecule has 26 heavy (non-hydrogen) atoms. The number of benzene rings is 2. The van der Waals surface area contributed by atoms with Gasteiger partial charge in [-0.15, -0.1) is 0 Å². The predicted octanol–water partition coefficient (Wildman–Crippen LogP) is 4.92. The van der Waals surface area contributed by atoms with Gasteiger partial charge in [-0.1, -0.05) is 60.7 Å². The van der Waals surface area contributed by atoms with E-state index in [4.69, 9.17) is 0 Å². The molecule has 0 amide bonds. The number of carbonyl (C=O) groups is 1. The summed E-state index contributed by atoms with van der Waals surface area (Å²) in [6.45, 7) is 11.8. The fourth-order valence-corrected chi connectivity index (χ4v) is 3.27. The molecule has 2 aromatic rings. The van der Waals surface area contributed by atoms with Gasteiger partial charge in [-0.3, -0.25) is 4.79 Å². The van der Waals surface area contributed by atoms with Crippen LogP contribution in [0.15, 0.2) is 66.4 Å². The van der Waals surface area contributed by atoms with Crippen molar-refractivity contribution >= 4 is 11.5 Å². The summed E-state index contributed by atoms with van der Waals surface area (Å²) in [6.07, 6.45) is 0. The van der Waals surface area contributed by atoms with Gasteiger partial charge in [0, 0.05) is 37.3 Å². The summed E-state index contributed by atoms with van der Waals surface area (Å²) in [5.74, 6) is 0.0834. The normalized spacial score (nSPS) is 11.7. The summed E-state index contributed by atoms with van der Waals surface area (Å²) >= 11 is 0. The van der Waals surface area contributed by atoms with Crippen molar-refractivity contribution in [2.45, 2.75) is 27.7 Å². The average molecular weight is 351 g/mol. The van der Waals surface area contributed by atoms with Crippen LogP contribution in [0.25, 0.3) is 5.70 Å². The zero-order valence-electron chi connectivity index (χ0n) is 16.4. The Balaban J connectivity index is 2.75. The van der Waals surface area contributed by atoms with E-state index in [1.807, 2.05) is 48.5 Å². The van der Waals surface area contributed by atoms with Crippen molar-refractivity contribution in [3.8, 4) is 0 Å². The molecule has 2 rings (SSSR count). The molecular weight excluding hydrogens is 320 g/mol. The Bertz CT molecular complexity index is 714. The highest BCUT2D eigenvalue weighted by atomic mass is 16.1. The highest BCUT2D eigenvalue weighted by Gasteiger charge is 2.25. The van der Waals surface area contributed by atoms with Gasteiger partial charge in [0.2, 0.25) is 5.78 Å². The number of Topliss-reactive ketones (excluding diaryl/α,β-unsaturated/α-hetero) is 1. The van der Waals surface area contributed by atoms with E-state index in [-0.39, 0.29) is 5.78 Å². The molecule has 2 aromatic carbocycles. The summed E-state index contributed by atoms with van der Waals surface area (Å²) in [5, 5.41) is 0. The highest BCUT2D eigenvalue weighted by molar-refractivity contribution is 6.12. The van der Waals surface area contributed by atoms with Gasteiger partial charge in [-0.2, -0.15) is 0 Å². The third kappa shape index (κ3) is 4.34. The van der Waals surface area contributed by atoms with E-state index in [1.165, 1.54) is 0 Å². The standard InChI is InChI=1S/C23H30N2O/c1-5-24(6-2)21(19-15-11-9-12-16-19)22(25(7-3)8-4)23(26)20-17-13-10-14-18-20/h9-18H,5-8H2,1-4H3/b22-21+. The van der Waals surface area contributed by atoms with Gasteiger partial charge < -0.3 is 9.80 Å². The van der Waals surface area contributed by atoms with Crippen LogP contribution < -0.4 is 0 Å². The molecule has 0 fully saturated rings. The Morgan fingerprint density at radius 1 is 0.654 bits per heavy atom. The first kappa shape index (κ1) is 19.8. The SMILES string of the molecule is CCN(CC)/C(C(=O)c1ccccc1)=C(\c1ccccc1)N(CC)CC. The summed E-state index contributed by atoms with van der Waals surface area (Å²) < 4.78 is 0. The van der Waals surface area contributed by atoms with E-state index in [9.17, 15) is 4.79 Å². The van der Waals surface area contributed by atoms with Crippen LogP contribution in [0, 0.1) is 0 Å². The molecule has 0 aliphatic carbocycles. The molecule has 138 valence electrons. The van der Waals surface area contributed by atoms with E-state index in [0.717, 1.165) is 48.7 Å². The smallest absolute Gasteiger partial charge is 0.211 e. The molecular formula is C23H30N2O. The van der Waals surface area contributed by atoms with Crippen molar-refractivity contribution in [3.05, 3.63) is 77.5 Å². The Labute approximate surface area is 157 Å². The molecule has 3 heteroatoms. The average Bonchev–Trinajstić information content (AvgIpc) is 2.71. The summed E-state index contributed by atoms with van der Waals surface area (Å²) in [6, 6.07) is 19.9. The number of hydrogen-bond acceptors (Lipinski definition) is 3. The second kappa shape index (κ2) is 9.81. The summed E-state index contributed by atoms with van der Waals surface area (Å²) in [5.41, 5.74) is 3.63. The number of allylic oxidation sites excluding steroid dienone is 1. The maximum atomic E-state index is 13.5. The number of nitrogens with zero attached hydrogens (tertiary/aromatic N) is 2. The molecule has 0 aliphatic rings. The number of hydrogen-bond donors (Lipinski definition) is 0. The van der Waals surface area contributed by atoms with Crippen LogP contribution >= 0.6 is 0 Å². The molecule has 0 saturated carbocycles. The number of carbonyl (C=O) groups excluding carboxylic acids is 1. The van der Waals surface area contributed by atoms with E-state index in [1.54, 1.807) is 0 Å². The predicted molar refractivity (Wildman–Crippen MR) is 110 cm³/mol. The van der Waals surface area contributed by atoms with Crippen molar-refractivity contribution in [1.29, 1.82) is 0 Å². The topological polar surface area (TPSA) is 23.6 Å². The van der Waals surface area contributed by atoms with Crippen molar-refractivity contribution in [3.63, 3.8) is 0 Å². The fraction of sp³-hybridized carbons (Fsp3) is 0.348. The molecule has 3 nitrogen and oxygen atoms in total. The van der Waals surface area contributed by atoms with Crippen LogP contribution in [0.1, 0.15) is 43.6 Å². The molecule has 0 bridgehead atoms. The number of likely N-dealkylation sites (N-methyl/N-ethyl adjacent to an activating group) is 1. The quantitative estimate of drug-likeness (QED) is 0.474. The van der Waals surface area contributed by atoms with Gasteiger partial charge in [-0.05, 0) is 27.7 Å². The van der Waals surface area contributed by atoms with Gasteiger partial charge in [0.25, 0.3) is 0 Å². The lowest BCUT2D eigenvalue weighted by Crippen LogP contribution is -2.33. The van der Waals surface area contributed by atoms with Crippen LogP contribution in [0.2, 0.25) is 0 Å². The number of ketones is 1. The van der Waals surface area contributed by atoms with Gasteiger partial charge in [0.05, 0.1) is 5.70 Å². The molecule has 0 aliphatic heterocycles. The molecule has 0 spiro atoms. The minimum atomic E-state index is 0.0834. The van der Waals surface area contributed by atoms with Gasteiger partial charge in [0.15, 0.2) is 0 Å². The van der Waals surface area contributed by atoms with Crippen LogP contribution in [-0.2, 0) is 0 Å². The first-order valence-electron chi connectivity index (χ1n) is 9.57. The monoisotopic (exact) mass is 350 g/mol. The van der Waals surface area contributed by atoms with Crippen LogP contribution in [-0.4, -0.2) is 41.8 Å². The lowest BCUT2D eigenvalue weighted by Gasteiger charge is -2.33. The Morgan fingerprint density at radius 3 is 1.50 bits per heavy atom. The third-order valence-corrected chi connectivity index (χ3v) is 4.68. The van der Waals surface area contributed by atoms with Crippen LogP contribution in [0.5, 0.6) is 0 Å². The van der Waals surface area contributed by atoms with E-state index < -0.39 is 0 Å². The minimum absolute atomic E-state index is 0.0834. The van der Waals surface area contributed by atoms with Gasteiger partial charge in [0.1, 0.15) is 5.70 Å². The Kier molecular flexibility index (Phi) is 7.46. The van der Waals surface area contributed by atoms with E-state index in [0.29, 0.717) is 0 Å². The second-order valence-electron chi connectivity index (χ2n) is 6.10. The molecule has 0 heterocycles. The van der Waals surface area contributed by atoms with Crippen molar-refractivity contribution in [2.75, 3.05) is 26.2 Å². The fourth-order valence-electron chi connectivity index (χ4n) is 3.27. The first-order valence-corrected chi connectivity index (χ1v) is 9.57. The molecule has 0 N–H and O–H groups in total. The van der Waals surface area contributed by atoms with E-state index >= 15 is 0 Å². The van der Waals surface area contributed by atoms with Gasteiger partial charge in [-0.25, -0.2) is 0 Å². The van der Waals surface area contributed by atoms with Gasteiger partial charge >= 0.3 is 0 Å². The minimum Gasteiger partial charge on any atom is -0.370 e. The maximum absolute atomic E-state index is 13.5. The zero-order chi connectivity index (χ0) is 18.9. The van der Waals surface area contributed by atoms with Crippen molar-refractivity contribution < 1.29 is 4.79 Å². The van der Waals surface area contributed by atoms with Crippen LogP contribution in [0.3, 0.4) is 0 Å².